The number of hydrogen-bond acceptors (Lipinski definition) is 2. The first-order valence-corrected chi connectivity index (χ1v) is 6.83. The number of hydrogen-bond donors (Lipinski definition) is 1. The van der Waals surface area contributed by atoms with Crippen molar-refractivity contribution in [1.29, 1.82) is 0 Å². The smallest absolute Gasteiger partial charge is 0.223 e. The standard InChI is InChI=1S/C16H16N2OS/c1-2-19-15(13-9-5-3-6-10-13)18-16(20)17-14-11-7-4-8-12-14/h3-12H,2H2,1H3,(H,17,20)/b18-15-. The summed E-state index contributed by atoms with van der Waals surface area (Å²) in [5, 5.41) is 3.44. The van der Waals surface area contributed by atoms with Crippen LogP contribution in [0.25, 0.3) is 0 Å². The number of nitrogens with zero attached hydrogens (tertiary/aromatic N) is 1. The first-order valence-electron chi connectivity index (χ1n) is 6.42. The third-order valence-corrected chi connectivity index (χ3v) is 2.72. The number of thiocarbonyl (C=S) groups is 1. The highest BCUT2D eigenvalue weighted by atomic mass is 32.1. The van der Waals surface area contributed by atoms with Crippen LogP contribution in [0.15, 0.2) is 65.7 Å². The molecule has 0 atom stereocenters. The Morgan fingerprint density at radius 1 is 1.05 bits per heavy atom. The molecular weight excluding hydrogens is 268 g/mol. The van der Waals surface area contributed by atoms with Crippen LogP contribution >= 0.6 is 12.2 Å². The van der Waals surface area contributed by atoms with Gasteiger partial charge in [-0.3, -0.25) is 0 Å². The van der Waals surface area contributed by atoms with E-state index < -0.39 is 0 Å². The molecule has 0 bridgehead atoms. The summed E-state index contributed by atoms with van der Waals surface area (Å²) in [7, 11) is 0. The number of ether oxygens (including phenoxy) is 1. The van der Waals surface area contributed by atoms with Crippen molar-refractivity contribution < 1.29 is 4.74 Å². The predicted octanol–water partition coefficient (Wildman–Crippen LogP) is 3.87. The first-order chi connectivity index (χ1) is 9.79. The minimum atomic E-state index is 0.378. The van der Waals surface area contributed by atoms with Gasteiger partial charge in [-0.05, 0) is 43.4 Å². The molecule has 3 nitrogen and oxygen atoms in total. The van der Waals surface area contributed by atoms with Crippen LogP contribution < -0.4 is 5.32 Å². The van der Waals surface area contributed by atoms with Gasteiger partial charge < -0.3 is 10.1 Å². The fourth-order valence-corrected chi connectivity index (χ4v) is 1.86. The van der Waals surface area contributed by atoms with Gasteiger partial charge in [0.1, 0.15) is 0 Å². The molecule has 2 rings (SSSR count). The van der Waals surface area contributed by atoms with Crippen molar-refractivity contribution >= 4 is 28.9 Å². The summed E-state index contributed by atoms with van der Waals surface area (Å²) in [6, 6.07) is 19.4. The molecule has 0 aliphatic rings. The van der Waals surface area contributed by atoms with E-state index in [2.05, 4.69) is 10.3 Å². The highest BCUT2D eigenvalue weighted by Crippen LogP contribution is 2.07. The zero-order chi connectivity index (χ0) is 14.2. The zero-order valence-corrected chi connectivity index (χ0v) is 12.1. The van der Waals surface area contributed by atoms with Crippen molar-refractivity contribution in [2.24, 2.45) is 4.99 Å². The zero-order valence-electron chi connectivity index (χ0n) is 11.2. The number of nitrogens with one attached hydrogen (secondary N) is 1. The van der Waals surface area contributed by atoms with Crippen LogP contribution in [-0.4, -0.2) is 17.6 Å². The Morgan fingerprint density at radius 2 is 1.65 bits per heavy atom. The maximum absolute atomic E-state index is 5.56. The number of benzene rings is 2. The van der Waals surface area contributed by atoms with Crippen LogP contribution in [0.4, 0.5) is 5.69 Å². The van der Waals surface area contributed by atoms with Gasteiger partial charge in [-0.25, -0.2) is 0 Å². The number of anilines is 1. The van der Waals surface area contributed by atoms with Crippen molar-refractivity contribution in [3.8, 4) is 0 Å². The van der Waals surface area contributed by atoms with Crippen LogP contribution in [0.1, 0.15) is 12.5 Å². The van der Waals surface area contributed by atoms with Crippen LogP contribution in [-0.2, 0) is 4.74 Å². The maximum atomic E-state index is 5.56. The van der Waals surface area contributed by atoms with E-state index in [0.29, 0.717) is 17.6 Å². The summed E-state index contributed by atoms with van der Waals surface area (Å²) in [5.41, 5.74) is 1.82. The minimum Gasteiger partial charge on any atom is -0.477 e. The largest absolute Gasteiger partial charge is 0.477 e. The highest BCUT2D eigenvalue weighted by Gasteiger charge is 2.05. The summed E-state index contributed by atoms with van der Waals surface area (Å²) in [5.74, 6) is 0.529. The Balaban J connectivity index is 2.15. The summed E-state index contributed by atoms with van der Waals surface area (Å²) in [6.45, 7) is 2.47. The van der Waals surface area contributed by atoms with Gasteiger partial charge in [0.2, 0.25) is 11.0 Å². The van der Waals surface area contributed by atoms with Gasteiger partial charge in [-0.2, -0.15) is 4.99 Å². The fraction of sp³-hybridized carbons (Fsp3) is 0.125. The molecule has 2 aromatic rings. The van der Waals surface area contributed by atoms with E-state index >= 15 is 0 Å². The second kappa shape index (κ2) is 7.40. The van der Waals surface area contributed by atoms with Gasteiger partial charge >= 0.3 is 0 Å². The first kappa shape index (κ1) is 14.2. The van der Waals surface area contributed by atoms with Crippen LogP contribution in [0, 0.1) is 0 Å². The Hall–Kier alpha value is -2.20. The Bertz CT molecular complexity index is 582. The summed E-state index contributed by atoms with van der Waals surface area (Å²) < 4.78 is 5.56. The van der Waals surface area contributed by atoms with Crippen LogP contribution in [0.5, 0.6) is 0 Å². The molecule has 0 aliphatic heterocycles. The molecule has 0 aromatic heterocycles. The lowest BCUT2D eigenvalue weighted by atomic mass is 10.2. The maximum Gasteiger partial charge on any atom is 0.223 e. The second-order valence-corrected chi connectivity index (χ2v) is 4.40. The van der Waals surface area contributed by atoms with E-state index in [4.69, 9.17) is 17.0 Å². The lowest BCUT2D eigenvalue weighted by molar-refractivity contribution is 0.329. The van der Waals surface area contributed by atoms with Crippen LogP contribution in [0.3, 0.4) is 0 Å². The number of para-hydroxylation sites is 1. The lowest BCUT2D eigenvalue weighted by Gasteiger charge is -2.09. The monoisotopic (exact) mass is 284 g/mol. The predicted molar refractivity (Wildman–Crippen MR) is 87.3 cm³/mol. The van der Waals surface area contributed by atoms with E-state index in [0.717, 1.165) is 11.3 Å². The highest BCUT2D eigenvalue weighted by molar-refractivity contribution is 7.80. The Labute approximate surface area is 124 Å². The summed E-state index contributed by atoms with van der Waals surface area (Å²) in [4.78, 5) is 4.35. The fourth-order valence-electron chi connectivity index (χ4n) is 1.66. The molecule has 4 heteroatoms. The number of aliphatic imine (C=N–C) groups is 1. The van der Waals surface area contributed by atoms with Gasteiger partial charge in [-0.1, -0.05) is 36.4 Å². The topological polar surface area (TPSA) is 33.6 Å². The van der Waals surface area contributed by atoms with Crippen molar-refractivity contribution in [1.82, 2.24) is 0 Å². The molecule has 0 saturated carbocycles. The van der Waals surface area contributed by atoms with Crippen molar-refractivity contribution in [3.05, 3.63) is 66.2 Å². The summed E-state index contributed by atoms with van der Waals surface area (Å²) in [6.07, 6.45) is 0. The quantitative estimate of drug-likeness (QED) is 0.528. The van der Waals surface area contributed by atoms with Gasteiger partial charge in [0.15, 0.2) is 0 Å². The molecular formula is C16H16N2OS. The van der Waals surface area contributed by atoms with Gasteiger partial charge in [0, 0.05) is 11.3 Å². The molecule has 0 fully saturated rings. The van der Waals surface area contributed by atoms with E-state index in [-0.39, 0.29) is 0 Å². The minimum absolute atomic E-state index is 0.378. The third-order valence-electron chi connectivity index (χ3n) is 2.53. The van der Waals surface area contributed by atoms with Gasteiger partial charge in [0.25, 0.3) is 0 Å². The van der Waals surface area contributed by atoms with Crippen molar-refractivity contribution in [2.45, 2.75) is 6.92 Å². The second-order valence-electron chi connectivity index (χ2n) is 4.01. The molecule has 0 unspecified atom stereocenters. The molecule has 0 aliphatic carbocycles. The SMILES string of the molecule is CCO/C(=N\C(=S)Nc1ccccc1)c1ccccc1. The normalized spacial score (nSPS) is 10.9. The van der Waals surface area contributed by atoms with Gasteiger partial charge in [-0.15, -0.1) is 0 Å². The van der Waals surface area contributed by atoms with E-state index in [9.17, 15) is 0 Å². The van der Waals surface area contributed by atoms with Crippen LogP contribution in [0.2, 0.25) is 0 Å². The van der Waals surface area contributed by atoms with E-state index in [1.165, 1.54) is 0 Å². The molecule has 0 saturated heterocycles. The average molecular weight is 284 g/mol. The molecule has 0 amide bonds. The molecule has 0 heterocycles. The molecule has 1 N–H and O–H groups in total. The number of rotatable bonds is 3. The molecule has 20 heavy (non-hydrogen) atoms. The average Bonchev–Trinajstić information content (AvgIpc) is 2.49. The molecule has 102 valence electrons. The molecule has 0 radical (unpaired) electrons. The van der Waals surface area contributed by atoms with Crippen molar-refractivity contribution in [3.63, 3.8) is 0 Å². The molecule has 2 aromatic carbocycles. The molecule has 0 spiro atoms. The third kappa shape index (κ3) is 4.17. The Morgan fingerprint density at radius 3 is 2.25 bits per heavy atom. The van der Waals surface area contributed by atoms with Gasteiger partial charge in [0.05, 0.1) is 6.61 Å². The van der Waals surface area contributed by atoms with E-state index in [1.54, 1.807) is 0 Å². The summed E-state index contributed by atoms with van der Waals surface area (Å²) >= 11 is 5.25. The Kier molecular flexibility index (Phi) is 5.26. The van der Waals surface area contributed by atoms with Crippen molar-refractivity contribution in [2.75, 3.05) is 11.9 Å². The van der Waals surface area contributed by atoms with E-state index in [1.807, 2.05) is 67.6 Å². The lowest BCUT2D eigenvalue weighted by Crippen LogP contribution is -2.13.